The molecule has 2 amide bonds. The van der Waals surface area contributed by atoms with Crippen LogP contribution in [0.4, 0.5) is 4.79 Å². The number of urea groups is 1. The number of likely N-dealkylation sites (N-methyl/N-ethyl adjacent to an activating group) is 1. The van der Waals surface area contributed by atoms with Crippen LogP contribution in [0.1, 0.15) is 6.42 Å². The van der Waals surface area contributed by atoms with Crippen molar-refractivity contribution in [2.45, 2.75) is 6.42 Å². The van der Waals surface area contributed by atoms with E-state index in [4.69, 9.17) is 5.26 Å². The fraction of sp³-hybridized carbons (Fsp3) is 0.818. The summed E-state index contributed by atoms with van der Waals surface area (Å²) < 4.78 is 0. The van der Waals surface area contributed by atoms with Crippen LogP contribution < -0.4 is 0 Å². The van der Waals surface area contributed by atoms with Crippen LogP contribution in [0.3, 0.4) is 0 Å². The summed E-state index contributed by atoms with van der Waals surface area (Å²) in [5, 5.41) is 8.80. The molecule has 0 N–H and O–H groups in total. The molecule has 2 heterocycles. The van der Waals surface area contributed by atoms with Crippen molar-refractivity contribution in [1.82, 2.24) is 14.7 Å². The summed E-state index contributed by atoms with van der Waals surface area (Å²) >= 11 is 0. The van der Waals surface area contributed by atoms with Gasteiger partial charge in [0, 0.05) is 39.3 Å². The molecule has 1 unspecified atom stereocenters. The van der Waals surface area contributed by atoms with E-state index < -0.39 is 0 Å². The first-order valence-corrected chi connectivity index (χ1v) is 5.82. The van der Waals surface area contributed by atoms with E-state index in [-0.39, 0.29) is 11.9 Å². The van der Waals surface area contributed by atoms with Crippen LogP contribution in [-0.2, 0) is 0 Å². The molecule has 2 aliphatic rings. The van der Waals surface area contributed by atoms with E-state index in [0.29, 0.717) is 6.54 Å². The Morgan fingerprint density at radius 3 is 2.44 bits per heavy atom. The third kappa shape index (κ3) is 2.27. The van der Waals surface area contributed by atoms with Crippen LogP contribution in [-0.4, -0.2) is 67.0 Å². The van der Waals surface area contributed by atoms with Crippen LogP contribution in [0.15, 0.2) is 0 Å². The third-order valence-electron chi connectivity index (χ3n) is 3.42. The lowest BCUT2D eigenvalue weighted by molar-refractivity contribution is 0.128. The van der Waals surface area contributed by atoms with E-state index in [1.807, 2.05) is 9.80 Å². The molecule has 0 spiro atoms. The van der Waals surface area contributed by atoms with Gasteiger partial charge in [-0.2, -0.15) is 5.26 Å². The first kappa shape index (κ1) is 11.2. The van der Waals surface area contributed by atoms with Gasteiger partial charge < -0.3 is 14.7 Å². The topological polar surface area (TPSA) is 50.6 Å². The van der Waals surface area contributed by atoms with Gasteiger partial charge in [0.2, 0.25) is 0 Å². The minimum absolute atomic E-state index is 0.0383. The van der Waals surface area contributed by atoms with E-state index in [9.17, 15) is 4.79 Å². The molecule has 0 bridgehead atoms. The van der Waals surface area contributed by atoms with Gasteiger partial charge in [-0.3, -0.25) is 0 Å². The standard InChI is InChI=1S/C11H18N4O/c1-13-4-6-14(7-5-13)11(16)15-3-2-10(8-12)9-15/h10H,2-7,9H2,1H3. The molecule has 0 saturated carbocycles. The van der Waals surface area contributed by atoms with Gasteiger partial charge >= 0.3 is 6.03 Å². The molecule has 0 aliphatic carbocycles. The van der Waals surface area contributed by atoms with E-state index in [2.05, 4.69) is 18.0 Å². The molecule has 1 atom stereocenters. The lowest BCUT2D eigenvalue weighted by atomic mass is 10.1. The van der Waals surface area contributed by atoms with Gasteiger partial charge in [-0.05, 0) is 13.5 Å². The third-order valence-corrected chi connectivity index (χ3v) is 3.42. The summed E-state index contributed by atoms with van der Waals surface area (Å²) in [6.07, 6.45) is 0.829. The maximum atomic E-state index is 12.1. The fourth-order valence-corrected chi connectivity index (χ4v) is 2.24. The Balaban J connectivity index is 1.86. The number of likely N-dealkylation sites (tertiary alicyclic amines) is 1. The lowest BCUT2D eigenvalue weighted by Gasteiger charge is -2.34. The highest BCUT2D eigenvalue weighted by Crippen LogP contribution is 2.17. The number of rotatable bonds is 0. The van der Waals surface area contributed by atoms with Crippen LogP contribution in [0.5, 0.6) is 0 Å². The number of hydrogen-bond donors (Lipinski definition) is 0. The van der Waals surface area contributed by atoms with Gasteiger partial charge in [0.05, 0.1) is 12.0 Å². The van der Waals surface area contributed by atoms with Crippen molar-refractivity contribution in [1.29, 1.82) is 5.26 Å². The molecule has 0 aromatic heterocycles. The summed E-state index contributed by atoms with van der Waals surface area (Å²) in [5.41, 5.74) is 0. The van der Waals surface area contributed by atoms with Crippen LogP contribution in [0.2, 0.25) is 0 Å². The predicted octanol–water partition coefficient (Wildman–Crippen LogP) is 0.199. The first-order valence-electron chi connectivity index (χ1n) is 5.82. The van der Waals surface area contributed by atoms with Crippen molar-refractivity contribution in [2.75, 3.05) is 46.3 Å². The minimum atomic E-state index is 0.0383. The molecule has 2 rings (SSSR count). The van der Waals surface area contributed by atoms with Crippen molar-refractivity contribution in [2.24, 2.45) is 5.92 Å². The second-order valence-electron chi connectivity index (χ2n) is 4.63. The summed E-state index contributed by atoms with van der Waals surface area (Å²) in [5.74, 6) is 0.0383. The smallest absolute Gasteiger partial charge is 0.320 e. The van der Waals surface area contributed by atoms with Crippen molar-refractivity contribution >= 4 is 6.03 Å². The van der Waals surface area contributed by atoms with Gasteiger partial charge in [0.1, 0.15) is 0 Å². The zero-order valence-corrected chi connectivity index (χ0v) is 9.72. The zero-order chi connectivity index (χ0) is 11.5. The monoisotopic (exact) mass is 222 g/mol. The number of nitriles is 1. The number of nitrogens with zero attached hydrogens (tertiary/aromatic N) is 4. The highest BCUT2D eigenvalue weighted by Gasteiger charge is 2.30. The van der Waals surface area contributed by atoms with E-state index in [1.54, 1.807) is 0 Å². The molecule has 0 aromatic rings. The Morgan fingerprint density at radius 1 is 1.19 bits per heavy atom. The molecule has 0 radical (unpaired) electrons. The molecule has 0 aromatic carbocycles. The number of amides is 2. The molecule has 16 heavy (non-hydrogen) atoms. The Hall–Kier alpha value is -1.28. The molecule has 5 heteroatoms. The van der Waals surface area contributed by atoms with Gasteiger partial charge in [0.25, 0.3) is 0 Å². The first-order chi connectivity index (χ1) is 7.70. The normalized spacial score (nSPS) is 26.9. The maximum Gasteiger partial charge on any atom is 0.320 e. The molecule has 5 nitrogen and oxygen atoms in total. The zero-order valence-electron chi connectivity index (χ0n) is 9.72. The molecule has 2 saturated heterocycles. The number of piperazine rings is 1. The number of hydrogen-bond acceptors (Lipinski definition) is 3. The van der Waals surface area contributed by atoms with Gasteiger partial charge in [-0.15, -0.1) is 0 Å². The largest absolute Gasteiger partial charge is 0.323 e. The Kier molecular flexibility index (Phi) is 3.30. The quantitative estimate of drug-likeness (QED) is 0.588. The van der Waals surface area contributed by atoms with Gasteiger partial charge in [-0.1, -0.05) is 0 Å². The average molecular weight is 222 g/mol. The van der Waals surface area contributed by atoms with Crippen molar-refractivity contribution < 1.29 is 4.79 Å². The summed E-state index contributed by atoms with van der Waals surface area (Å²) in [6, 6.07) is 2.35. The van der Waals surface area contributed by atoms with E-state index in [0.717, 1.165) is 39.1 Å². The van der Waals surface area contributed by atoms with Crippen molar-refractivity contribution in [3.05, 3.63) is 0 Å². The molecule has 2 fully saturated rings. The van der Waals surface area contributed by atoms with Crippen LogP contribution >= 0.6 is 0 Å². The van der Waals surface area contributed by atoms with E-state index in [1.165, 1.54) is 0 Å². The SMILES string of the molecule is CN1CCN(C(=O)N2CCC(C#N)C2)CC1. The highest BCUT2D eigenvalue weighted by atomic mass is 16.2. The van der Waals surface area contributed by atoms with Crippen LogP contribution in [0.25, 0.3) is 0 Å². The maximum absolute atomic E-state index is 12.1. The fourth-order valence-electron chi connectivity index (χ4n) is 2.24. The lowest BCUT2D eigenvalue weighted by Crippen LogP contribution is -2.51. The van der Waals surface area contributed by atoms with E-state index >= 15 is 0 Å². The van der Waals surface area contributed by atoms with Gasteiger partial charge in [0.15, 0.2) is 0 Å². The molecule has 2 aliphatic heterocycles. The van der Waals surface area contributed by atoms with Crippen LogP contribution in [0, 0.1) is 17.2 Å². The Bertz CT molecular complexity index is 304. The Labute approximate surface area is 96.2 Å². The summed E-state index contributed by atoms with van der Waals surface area (Å²) in [6.45, 7) is 4.86. The predicted molar refractivity (Wildman–Crippen MR) is 59.8 cm³/mol. The van der Waals surface area contributed by atoms with Gasteiger partial charge in [-0.25, -0.2) is 4.79 Å². The second kappa shape index (κ2) is 4.71. The summed E-state index contributed by atoms with van der Waals surface area (Å²) in [7, 11) is 2.07. The minimum Gasteiger partial charge on any atom is -0.323 e. The molecule has 88 valence electrons. The second-order valence-corrected chi connectivity index (χ2v) is 4.63. The molecular weight excluding hydrogens is 204 g/mol. The Morgan fingerprint density at radius 2 is 1.88 bits per heavy atom. The number of carbonyl (C=O) groups excluding carboxylic acids is 1. The molecular formula is C11H18N4O. The summed E-state index contributed by atoms with van der Waals surface area (Å²) in [4.78, 5) is 18.0. The van der Waals surface area contributed by atoms with Crippen molar-refractivity contribution in [3.8, 4) is 6.07 Å². The average Bonchev–Trinajstić information content (AvgIpc) is 2.77. The number of carbonyl (C=O) groups is 1. The highest BCUT2D eigenvalue weighted by molar-refractivity contribution is 5.75. The van der Waals surface area contributed by atoms with Crippen molar-refractivity contribution in [3.63, 3.8) is 0 Å².